The lowest BCUT2D eigenvalue weighted by Gasteiger charge is -2.11. The Morgan fingerprint density at radius 3 is 2.65 bits per heavy atom. The topological polar surface area (TPSA) is 87.5 Å². The molecule has 128 valence electrons. The van der Waals surface area contributed by atoms with Crippen LogP contribution in [-0.4, -0.2) is 49.9 Å². The van der Waals surface area contributed by atoms with Gasteiger partial charge in [0.05, 0.1) is 0 Å². The fourth-order valence-electron chi connectivity index (χ4n) is 1.97. The second-order valence-corrected chi connectivity index (χ2v) is 6.05. The Morgan fingerprint density at radius 1 is 1.26 bits per heavy atom. The molecule has 1 aromatic carbocycles. The van der Waals surface area contributed by atoms with Gasteiger partial charge in [-0.15, -0.1) is 0 Å². The molecule has 0 spiro atoms. The lowest BCUT2D eigenvalue weighted by atomic mass is 10.1. The number of nitrogens with two attached hydrogens (primary N) is 1. The van der Waals surface area contributed by atoms with E-state index in [-0.39, 0.29) is 17.9 Å². The molecule has 1 atom stereocenters. The smallest absolute Gasteiger partial charge is 0.251 e. The zero-order valence-corrected chi connectivity index (χ0v) is 14.3. The van der Waals surface area contributed by atoms with E-state index in [4.69, 9.17) is 5.73 Å². The van der Waals surface area contributed by atoms with Crippen LogP contribution in [-0.2, 0) is 11.3 Å². The monoisotopic (exact) mass is 320 g/mol. The summed E-state index contributed by atoms with van der Waals surface area (Å²) in [6, 6.07) is 7.31. The fraction of sp³-hybridized carbons (Fsp3) is 0.529. The summed E-state index contributed by atoms with van der Waals surface area (Å²) in [5.41, 5.74) is 7.14. The maximum absolute atomic E-state index is 12.1. The average Bonchev–Trinajstić information content (AvgIpc) is 2.50. The normalized spacial score (nSPS) is 12.0. The summed E-state index contributed by atoms with van der Waals surface area (Å²) in [6.07, 6.45) is 1.09. The first kappa shape index (κ1) is 19.1. The van der Waals surface area contributed by atoms with Gasteiger partial charge in [-0.2, -0.15) is 0 Å². The van der Waals surface area contributed by atoms with Crippen molar-refractivity contribution in [2.24, 2.45) is 5.73 Å². The molecule has 1 unspecified atom stereocenters. The van der Waals surface area contributed by atoms with Gasteiger partial charge in [-0.05, 0) is 45.1 Å². The largest absolute Gasteiger partial charge is 0.352 e. The van der Waals surface area contributed by atoms with Crippen LogP contribution in [0.4, 0.5) is 0 Å². The van der Waals surface area contributed by atoms with Crippen LogP contribution in [0, 0.1) is 0 Å². The highest BCUT2D eigenvalue weighted by molar-refractivity contribution is 5.94. The number of likely N-dealkylation sites (N-methyl/N-ethyl adjacent to an activating group) is 1. The van der Waals surface area contributed by atoms with E-state index in [2.05, 4.69) is 10.6 Å². The Morgan fingerprint density at radius 2 is 2.00 bits per heavy atom. The minimum atomic E-state index is -0.100. The first-order valence-corrected chi connectivity index (χ1v) is 7.92. The third-order valence-electron chi connectivity index (χ3n) is 3.35. The third-order valence-corrected chi connectivity index (χ3v) is 3.35. The molecule has 4 N–H and O–H groups in total. The number of hydrogen-bond acceptors (Lipinski definition) is 4. The van der Waals surface area contributed by atoms with Crippen molar-refractivity contribution in [3.63, 3.8) is 0 Å². The number of amides is 2. The van der Waals surface area contributed by atoms with Crippen LogP contribution in [0.5, 0.6) is 0 Å². The van der Waals surface area contributed by atoms with Gasteiger partial charge in [0, 0.05) is 37.7 Å². The van der Waals surface area contributed by atoms with Crippen molar-refractivity contribution in [3.05, 3.63) is 35.4 Å². The minimum Gasteiger partial charge on any atom is -0.352 e. The first-order chi connectivity index (χ1) is 10.9. The Bertz CT molecular complexity index is 515. The standard InChI is InChI=1S/C17H28N4O2/c1-13(18)7-8-16(22)20-12-14-5-4-6-15(11-14)17(23)19-9-10-21(2)3/h4-6,11,13H,7-10,12,18H2,1-3H3,(H,19,23)(H,20,22). The zero-order chi connectivity index (χ0) is 17.2. The second-order valence-electron chi connectivity index (χ2n) is 6.05. The number of carbonyl (C=O) groups excluding carboxylic acids is 2. The molecule has 0 heterocycles. The highest BCUT2D eigenvalue weighted by Gasteiger charge is 2.07. The predicted octanol–water partition coefficient (Wildman–Crippen LogP) is 0.722. The SMILES string of the molecule is CC(N)CCC(=O)NCc1cccc(C(=O)NCCN(C)C)c1. The molecule has 0 fully saturated rings. The molecule has 0 aromatic heterocycles. The van der Waals surface area contributed by atoms with Crippen LogP contribution >= 0.6 is 0 Å². The summed E-state index contributed by atoms with van der Waals surface area (Å²) in [5.74, 6) is -0.125. The summed E-state index contributed by atoms with van der Waals surface area (Å²) in [5, 5.41) is 5.72. The molecule has 23 heavy (non-hydrogen) atoms. The van der Waals surface area contributed by atoms with Gasteiger partial charge in [-0.3, -0.25) is 9.59 Å². The molecule has 1 aromatic rings. The lowest BCUT2D eigenvalue weighted by molar-refractivity contribution is -0.121. The summed E-state index contributed by atoms with van der Waals surface area (Å²) in [6.45, 7) is 3.69. The molecule has 1 rings (SSSR count). The first-order valence-electron chi connectivity index (χ1n) is 7.92. The molecule has 0 aliphatic carbocycles. The Hall–Kier alpha value is -1.92. The number of rotatable bonds is 9. The molecule has 0 saturated heterocycles. The van der Waals surface area contributed by atoms with E-state index in [1.165, 1.54) is 0 Å². The Balaban J connectivity index is 2.46. The van der Waals surface area contributed by atoms with Gasteiger partial charge in [0.1, 0.15) is 0 Å². The average molecular weight is 320 g/mol. The van der Waals surface area contributed by atoms with Crippen LogP contribution in [0.25, 0.3) is 0 Å². The predicted molar refractivity (Wildman–Crippen MR) is 92.1 cm³/mol. The maximum Gasteiger partial charge on any atom is 0.251 e. The summed E-state index contributed by atoms with van der Waals surface area (Å²) in [4.78, 5) is 25.8. The zero-order valence-electron chi connectivity index (χ0n) is 14.3. The van der Waals surface area contributed by atoms with Crippen molar-refractivity contribution in [2.75, 3.05) is 27.2 Å². The number of benzene rings is 1. The summed E-state index contributed by atoms with van der Waals surface area (Å²) < 4.78 is 0. The van der Waals surface area contributed by atoms with E-state index in [9.17, 15) is 9.59 Å². The summed E-state index contributed by atoms with van der Waals surface area (Å²) >= 11 is 0. The van der Waals surface area contributed by atoms with Crippen LogP contribution in [0.1, 0.15) is 35.7 Å². The number of nitrogens with one attached hydrogen (secondary N) is 2. The quantitative estimate of drug-likeness (QED) is 0.626. The minimum absolute atomic E-state index is 0.0231. The van der Waals surface area contributed by atoms with Crippen LogP contribution < -0.4 is 16.4 Å². The number of nitrogens with zero attached hydrogens (tertiary/aromatic N) is 1. The summed E-state index contributed by atoms with van der Waals surface area (Å²) in [7, 11) is 3.92. The lowest BCUT2D eigenvalue weighted by Crippen LogP contribution is -2.31. The Labute approximate surface area is 138 Å². The molecule has 6 nitrogen and oxygen atoms in total. The molecule has 2 amide bonds. The molecule has 0 radical (unpaired) electrons. The van der Waals surface area contributed by atoms with Crippen molar-refractivity contribution in [2.45, 2.75) is 32.4 Å². The van der Waals surface area contributed by atoms with Crippen molar-refractivity contribution in [1.82, 2.24) is 15.5 Å². The maximum atomic E-state index is 12.1. The van der Waals surface area contributed by atoms with Gasteiger partial charge in [-0.25, -0.2) is 0 Å². The van der Waals surface area contributed by atoms with Gasteiger partial charge in [0.25, 0.3) is 5.91 Å². The highest BCUT2D eigenvalue weighted by Crippen LogP contribution is 2.05. The van der Waals surface area contributed by atoms with Gasteiger partial charge < -0.3 is 21.3 Å². The van der Waals surface area contributed by atoms with Crippen molar-refractivity contribution in [3.8, 4) is 0 Å². The van der Waals surface area contributed by atoms with Crippen molar-refractivity contribution in [1.29, 1.82) is 0 Å². The molecular formula is C17H28N4O2. The van der Waals surface area contributed by atoms with Crippen LogP contribution in [0.3, 0.4) is 0 Å². The van der Waals surface area contributed by atoms with Crippen LogP contribution in [0.15, 0.2) is 24.3 Å². The van der Waals surface area contributed by atoms with E-state index < -0.39 is 0 Å². The molecule has 6 heteroatoms. The Kier molecular flexibility index (Phi) is 8.29. The van der Waals surface area contributed by atoms with E-state index in [1.54, 1.807) is 12.1 Å². The molecular weight excluding hydrogens is 292 g/mol. The van der Waals surface area contributed by atoms with E-state index in [0.29, 0.717) is 31.5 Å². The number of hydrogen-bond donors (Lipinski definition) is 3. The fourth-order valence-corrected chi connectivity index (χ4v) is 1.97. The van der Waals surface area contributed by atoms with Gasteiger partial charge in [0.2, 0.25) is 5.91 Å². The van der Waals surface area contributed by atoms with Crippen molar-refractivity contribution >= 4 is 11.8 Å². The van der Waals surface area contributed by atoms with Gasteiger partial charge in [-0.1, -0.05) is 12.1 Å². The van der Waals surface area contributed by atoms with E-state index >= 15 is 0 Å². The van der Waals surface area contributed by atoms with Gasteiger partial charge >= 0.3 is 0 Å². The number of carbonyl (C=O) groups is 2. The van der Waals surface area contributed by atoms with Gasteiger partial charge in [0.15, 0.2) is 0 Å². The van der Waals surface area contributed by atoms with E-state index in [1.807, 2.05) is 38.1 Å². The second kappa shape index (κ2) is 9.97. The van der Waals surface area contributed by atoms with Crippen molar-refractivity contribution < 1.29 is 9.59 Å². The van der Waals surface area contributed by atoms with E-state index in [0.717, 1.165) is 12.1 Å². The molecule has 0 aliphatic rings. The van der Waals surface area contributed by atoms with Crippen LogP contribution in [0.2, 0.25) is 0 Å². The highest BCUT2D eigenvalue weighted by atomic mass is 16.2. The molecule has 0 aliphatic heterocycles. The third kappa shape index (κ3) is 8.32. The molecule has 0 saturated carbocycles. The molecule has 0 bridgehead atoms.